The Morgan fingerprint density at radius 2 is 1.89 bits per heavy atom. The molecule has 1 aromatic heterocycles. The topological polar surface area (TPSA) is 32.0 Å². The molecule has 0 bridgehead atoms. The van der Waals surface area contributed by atoms with Crippen LogP contribution in [0.2, 0.25) is 0 Å². The van der Waals surface area contributed by atoms with Gasteiger partial charge < -0.3 is 14.3 Å². The van der Waals surface area contributed by atoms with Crippen LogP contribution in [0.25, 0.3) is 11.0 Å². The van der Waals surface area contributed by atoms with Gasteiger partial charge in [0.05, 0.1) is 6.21 Å². The number of rotatable bonds is 5. The number of hydrazone groups is 1. The predicted octanol–water partition coefficient (Wildman–Crippen LogP) is 3.17. The fourth-order valence-corrected chi connectivity index (χ4v) is 2.07. The Labute approximate surface area is 114 Å². The lowest BCUT2D eigenvalue weighted by Gasteiger charge is -2.20. The molecule has 0 N–H and O–H groups in total. The summed E-state index contributed by atoms with van der Waals surface area (Å²) < 4.78 is 5.73. The molecule has 0 spiro atoms. The van der Waals surface area contributed by atoms with Crippen molar-refractivity contribution in [2.24, 2.45) is 5.10 Å². The Hall–Kier alpha value is -1.97. The predicted molar refractivity (Wildman–Crippen MR) is 81.1 cm³/mol. The Kier molecular flexibility index (Phi) is 4.10. The summed E-state index contributed by atoms with van der Waals surface area (Å²) in [5.74, 6) is 0.778. The van der Waals surface area contributed by atoms with Crippen LogP contribution >= 0.6 is 0 Å². The van der Waals surface area contributed by atoms with E-state index in [1.807, 2.05) is 26.2 Å². The van der Waals surface area contributed by atoms with Crippen LogP contribution in [0.3, 0.4) is 0 Å². The van der Waals surface area contributed by atoms with Gasteiger partial charge in [0, 0.05) is 38.3 Å². The molecule has 0 fully saturated rings. The smallest absolute Gasteiger partial charge is 0.148 e. The molecule has 1 aromatic carbocycles. The Morgan fingerprint density at radius 1 is 1.16 bits per heavy atom. The van der Waals surface area contributed by atoms with Gasteiger partial charge in [-0.3, -0.25) is 0 Å². The second kappa shape index (κ2) is 5.78. The number of benzene rings is 1. The third-order valence-corrected chi connectivity index (χ3v) is 3.06. The van der Waals surface area contributed by atoms with E-state index in [0.717, 1.165) is 29.8 Å². The maximum absolute atomic E-state index is 5.73. The number of hydrogen-bond acceptors (Lipinski definition) is 4. The first-order valence-corrected chi connectivity index (χ1v) is 6.64. The van der Waals surface area contributed by atoms with Crippen LogP contribution in [0.5, 0.6) is 0 Å². The van der Waals surface area contributed by atoms with Crippen LogP contribution in [-0.4, -0.2) is 38.4 Å². The lowest BCUT2D eigenvalue weighted by atomic mass is 10.2. The summed E-state index contributed by atoms with van der Waals surface area (Å²) in [4.78, 5) is 2.32. The van der Waals surface area contributed by atoms with Crippen molar-refractivity contribution >= 4 is 22.9 Å². The molecule has 0 radical (unpaired) electrons. The van der Waals surface area contributed by atoms with E-state index in [1.165, 1.54) is 5.69 Å². The average molecular weight is 259 g/mol. The van der Waals surface area contributed by atoms with E-state index in [9.17, 15) is 0 Å². The quantitative estimate of drug-likeness (QED) is 0.610. The lowest BCUT2D eigenvalue weighted by molar-refractivity contribution is 0.438. The van der Waals surface area contributed by atoms with Crippen molar-refractivity contribution in [1.29, 1.82) is 0 Å². The van der Waals surface area contributed by atoms with E-state index < -0.39 is 0 Å². The highest BCUT2D eigenvalue weighted by Gasteiger charge is 2.06. The molecule has 1 heterocycles. The summed E-state index contributed by atoms with van der Waals surface area (Å²) >= 11 is 0. The summed E-state index contributed by atoms with van der Waals surface area (Å²) in [5, 5.41) is 7.04. The Morgan fingerprint density at radius 3 is 2.53 bits per heavy atom. The first-order chi connectivity index (χ1) is 9.13. The van der Waals surface area contributed by atoms with Gasteiger partial charge in [-0.15, -0.1) is 0 Å². The van der Waals surface area contributed by atoms with E-state index in [2.05, 4.69) is 36.0 Å². The van der Waals surface area contributed by atoms with E-state index in [0.29, 0.717) is 0 Å². The highest BCUT2D eigenvalue weighted by atomic mass is 16.3. The number of furan rings is 1. The third-order valence-electron chi connectivity index (χ3n) is 3.06. The minimum absolute atomic E-state index is 0.778. The number of hydrogen-bond donors (Lipinski definition) is 0. The molecule has 0 aliphatic carbocycles. The van der Waals surface area contributed by atoms with Crippen molar-refractivity contribution in [3.05, 3.63) is 30.0 Å². The van der Waals surface area contributed by atoms with Crippen molar-refractivity contribution in [1.82, 2.24) is 5.01 Å². The lowest BCUT2D eigenvalue weighted by Crippen LogP contribution is -2.21. The van der Waals surface area contributed by atoms with Gasteiger partial charge in [-0.1, -0.05) is 0 Å². The SMILES string of the molecule is CCN(CC)c1ccc2oc(/C=N\N(C)C)cc2c1. The largest absolute Gasteiger partial charge is 0.455 e. The molecular formula is C15H21N3O. The fourth-order valence-electron chi connectivity index (χ4n) is 2.07. The van der Waals surface area contributed by atoms with Crippen LogP contribution in [-0.2, 0) is 0 Å². The molecule has 102 valence electrons. The van der Waals surface area contributed by atoms with Crippen molar-refractivity contribution in [2.75, 3.05) is 32.1 Å². The fraction of sp³-hybridized carbons (Fsp3) is 0.400. The van der Waals surface area contributed by atoms with E-state index >= 15 is 0 Å². The van der Waals surface area contributed by atoms with Crippen LogP contribution in [0.4, 0.5) is 5.69 Å². The minimum Gasteiger partial charge on any atom is -0.455 e. The zero-order chi connectivity index (χ0) is 13.8. The van der Waals surface area contributed by atoms with Gasteiger partial charge in [0.1, 0.15) is 11.3 Å². The molecule has 0 saturated carbocycles. The van der Waals surface area contributed by atoms with Gasteiger partial charge in [0.25, 0.3) is 0 Å². The van der Waals surface area contributed by atoms with Crippen LogP contribution < -0.4 is 4.90 Å². The van der Waals surface area contributed by atoms with Gasteiger partial charge in [0.2, 0.25) is 0 Å². The highest BCUT2D eigenvalue weighted by Crippen LogP contribution is 2.24. The summed E-state index contributed by atoms with van der Waals surface area (Å²) in [5.41, 5.74) is 2.13. The molecule has 0 atom stereocenters. The number of nitrogens with zero attached hydrogens (tertiary/aromatic N) is 3. The standard InChI is InChI=1S/C15H21N3O/c1-5-18(6-2)13-7-8-15-12(9-13)10-14(19-15)11-16-17(3)4/h7-11H,5-6H2,1-4H3/b16-11-. The molecule has 4 heteroatoms. The third kappa shape index (κ3) is 3.08. The van der Waals surface area contributed by atoms with Crippen molar-refractivity contribution in [3.63, 3.8) is 0 Å². The molecule has 4 nitrogen and oxygen atoms in total. The molecule has 0 unspecified atom stereocenters. The minimum atomic E-state index is 0.778. The second-order valence-corrected chi connectivity index (χ2v) is 4.63. The first kappa shape index (κ1) is 13.5. The normalized spacial score (nSPS) is 11.4. The van der Waals surface area contributed by atoms with E-state index in [-0.39, 0.29) is 0 Å². The van der Waals surface area contributed by atoms with E-state index in [4.69, 9.17) is 4.42 Å². The zero-order valence-electron chi connectivity index (χ0n) is 12.1. The molecule has 0 saturated heterocycles. The maximum atomic E-state index is 5.73. The van der Waals surface area contributed by atoms with Crippen molar-refractivity contribution in [2.45, 2.75) is 13.8 Å². The molecule has 0 amide bonds. The molecule has 2 aromatic rings. The van der Waals surface area contributed by atoms with Crippen LogP contribution in [0.15, 0.2) is 33.8 Å². The average Bonchev–Trinajstić information content (AvgIpc) is 2.80. The molecule has 2 rings (SSSR count). The van der Waals surface area contributed by atoms with Crippen LogP contribution in [0.1, 0.15) is 19.6 Å². The first-order valence-electron chi connectivity index (χ1n) is 6.64. The van der Waals surface area contributed by atoms with Crippen molar-refractivity contribution in [3.8, 4) is 0 Å². The summed E-state index contributed by atoms with van der Waals surface area (Å²) in [7, 11) is 3.77. The van der Waals surface area contributed by atoms with Gasteiger partial charge in [-0.2, -0.15) is 5.10 Å². The monoisotopic (exact) mass is 259 g/mol. The summed E-state index contributed by atoms with van der Waals surface area (Å²) in [6.07, 6.45) is 1.73. The van der Waals surface area contributed by atoms with Gasteiger partial charge in [0.15, 0.2) is 0 Å². The van der Waals surface area contributed by atoms with E-state index in [1.54, 1.807) is 11.2 Å². The highest BCUT2D eigenvalue weighted by molar-refractivity contribution is 5.88. The molecule has 19 heavy (non-hydrogen) atoms. The second-order valence-electron chi connectivity index (χ2n) is 4.63. The van der Waals surface area contributed by atoms with Gasteiger partial charge in [-0.25, -0.2) is 0 Å². The summed E-state index contributed by atoms with van der Waals surface area (Å²) in [6, 6.07) is 8.32. The number of anilines is 1. The van der Waals surface area contributed by atoms with Gasteiger partial charge >= 0.3 is 0 Å². The number of fused-ring (bicyclic) bond motifs is 1. The van der Waals surface area contributed by atoms with Crippen LogP contribution in [0, 0.1) is 0 Å². The zero-order valence-corrected chi connectivity index (χ0v) is 12.1. The van der Waals surface area contributed by atoms with Gasteiger partial charge in [-0.05, 0) is 38.1 Å². The molecule has 0 aliphatic rings. The Bertz CT molecular complexity index is 568. The molecular weight excluding hydrogens is 238 g/mol. The maximum Gasteiger partial charge on any atom is 0.148 e. The molecule has 0 aliphatic heterocycles. The Balaban J connectivity index is 2.33. The van der Waals surface area contributed by atoms with Crippen molar-refractivity contribution < 1.29 is 4.42 Å². The summed E-state index contributed by atoms with van der Waals surface area (Å²) in [6.45, 7) is 6.35.